The maximum atomic E-state index is 12.6. The van der Waals surface area contributed by atoms with Gasteiger partial charge in [-0.3, -0.25) is 15.0 Å². The second-order valence-corrected chi connectivity index (χ2v) is 7.90. The molecule has 1 aromatic carbocycles. The minimum absolute atomic E-state index is 0.0199. The summed E-state index contributed by atoms with van der Waals surface area (Å²) in [6.45, 7) is 1.60. The van der Waals surface area contributed by atoms with Gasteiger partial charge in [0.1, 0.15) is 0 Å². The van der Waals surface area contributed by atoms with Crippen LogP contribution in [0, 0.1) is 0 Å². The van der Waals surface area contributed by atoms with Crippen molar-refractivity contribution in [2.24, 2.45) is 0 Å². The van der Waals surface area contributed by atoms with Gasteiger partial charge in [-0.2, -0.15) is 0 Å². The molecule has 0 unspecified atom stereocenters. The molecule has 4 nitrogen and oxygen atoms in total. The second kappa shape index (κ2) is 6.32. The number of hydrazine groups is 1. The Morgan fingerprint density at radius 2 is 2.00 bits per heavy atom. The molecule has 25 heavy (non-hydrogen) atoms. The van der Waals surface area contributed by atoms with Crippen LogP contribution in [0.1, 0.15) is 46.3 Å². The van der Waals surface area contributed by atoms with Gasteiger partial charge in [0.2, 0.25) is 5.91 Å². The lowest BCUT2D eigenvalue weighted by Crippen LogP contribution is -2.45. The summed E-state index contributed by atoms with van der Waals surface area (Å²) in [7, 11) is 0. The molecule has 4 rings (SSSR count). The molecule has 2 aromatic rings. The number of carbonyl (C=O) groups is 2. The Morgan fingerprint density at radius 1 is 1.24 bits per heavy atom. The third-order valence-corrected chi connectivity index (χ3v) is 6.13. The molecule has 1 aliphatic heterocycles. The predicted octanol–water partition coefficient (Wildman–Crippen LogP) is 4.59. The Balaban J connectivity index is 1.75. The molecule has 2 heterocycles. The molecule has 0 saturated heterocycles. The van der Waals surface area contributed by atoms with Crippen LogP contribution < -0.4 is 10.4 Å². The zero-order chi connectivity index (χ0) is 17.6. The highest BCUT2D eigenvalue weighted by Crippen LogP contribution is 2.38. The minimum atomic E-state index is 0.0199. The third-order valence-electron chi connectivity index (χ3n) is 4.58. The maximum absolute atomic E-state index is 12.6. The van der Waals surface area contributed by atoms with Gasteiger partial charge in [-0.05, 0) is 62.1 Å². The molecule has 0 radical (unpaired) electrons. The molecule has 1 aromatic heterocycles. The first kappa shape index (κ1) is 16.4. The van der Waals surface area contributed by atoms with Gasteiger partial charge in [-0.1, -0.05) is 11.6 Å². The van der Waals surface area contributed by atoms with Crippen LogP contribution in [0.3, 0.4) is 0 Å². The van der Waals surface area contributed by atoms with Crippen LogP contribution in [0.25, 0.3) is 5.70 Å². The molecule has 2 aliphatic rings. The van der Waals surface area contributed by atoms with Gasteiger partial charge in [0.15, 0.2) is 5.78 Å². The molecule has 0 fully saturated rings. The number of nitrogens with zero attached hydrogens (tertiary/aromatic N) is 1. The summed E-state index contributed by atoms with van der Waals surface area (Å²) in [5.41, 5.74) is 7.23. The summed E-state index contributed by atoms with van der Waals surface area (Å²) < 4.78 is 0. The van der Waals surface area contributed by atoms with Crippen molar-refractivity contribution in [3.63, 3.8) is 0 Å². The summed E-state index contributed by atoms with van der Waals surface area (Å²) >= 11 is 7.52. The molecule has 0 bridgehead atoms. The van der Waals surface area contributed by atoms with Crippen molar-refractivity contribution in [2.45, 2.75) is 32.6 Å². The molecule has 0 saturated carbocycles. The van der Waals surface area contributed by atoms with Crippen molar-refractivity contribution in [3.8, 4) is 0 Å². The maximum Gasteiger partial charge on any atom is 0.249 e. The summed E-state index contributed by atoms with van der Waals surface area (Å²) in [4.78, 5) is 26.4. The number of Topliss-reactive ketones (excluding diaryl/α,β-unsaturated/α-hetero) is 1. The van der Waals surface area contributed by atoms with Gasteiger partial charge in [-0.25, -0.2) is 5.01 Å². The standard InChI is InChI=1S/C19H17ClN2O2S/c1-11(23)17-10-15-16(25-17)4-2-3-12-9-18(24)22(21-19(12)15)14-7-5-13(20)6-8-14/h5-8,10,21H,2-4,9H2,1H3. The van der Waals surface area contributed by atoms with E-state index in [1.807, 2.05) is 18.2 Å². The highest BCUT2D eigenvalue weighted by Gasteiger charge is 2.30. The van der Waals surface area contributed by atoms with Gasteiger partial charge < -0.3 is 0 Å². The van der Waals surface area contributed by atoms with Crippen molar-refractivity contribution < 1.29 is 9.59 Å². The van der Waals surface area contributed by atoms with E-state index in [9.17, 15) is 9.59 Å². The van der Waals surface area contributed by atoms with E-state index in [1.54, 1.807) is 35.4 Å². The van der Waals surface area contributed by atoms with Crippen LogP contribution in [0.5, 0.6) is 0 Å². The zero-order valence-corrected chi connectivity index (χ0v) is 15.3. The molecular formula is C19H17ClN2O2S. The first-order valence-corrected chi connectivity index (χ1v) is 9.43. The van der Waals surface area contributed by atoms with Gasteiger partial charge in [0.25, 0.3) is 0 Å². The van der Waals surface area contributed by atoms with E-state index in [-0.39, 0.29) is 11.7 Å². The number of rotatable bonds is 2. The average molecular weight is 373 g/mol. The quantitative estimate of drug-likeness (QED) is 0.784. The fourth-order valence-electron chi connectivity index (χ4n) is 3.33. The van der Waals surface area contributed by atoms with Crippen molar-refractivity contribution in [1.29, 1.82) is 0 Å². The highest BCUT2D eigenvalue weighted by atomic mass is 35.5. The van der Waals surface area contributed by atoms with E-state index >= 15 is 0 Å². The van der Waals surface area contributed by atoms with E-state index in [1.165, 1.54) is 4.88 Å². The summed E-state index contributed by atoms with van der Waals surface area (Å²) in [5.74, 6) is 0.105. The lowest BCUT2D eigenvalue weighted by molar-refractivity contribution is -0.118. The normalized spacial score (nSPS) is 16.9. The SMILES string of the molecule is CC(=O)c1cc2c(s1)CCCC1=C2NN(c2ccc(Cl)cc2)C(=O)C1. The van der Waals surface area contributed by atoms with Crippen molar-refractivity contribution in [2.75, 3.05) is 5.01 Å². The summed E-state index contributed by atoms with van der Waals surface area (Å²) in [6, 6.07) is 9.15. The van der Waals surface area contributed by atoms with Crippen molar-refractivity contribution >= 4 is 46.0 Å². The zero-order valence-electron chi connectivity index (χ0n) is 13.8. The monoisotopic (exact) mass is 372 g/mol. The number of benzene rings is 1. The van der Waals surface area contributed by atoms with Crippen LogP contribution in [0.4, 0.5) is 5.69 Å². The molecule has 1 N–H and O–H groups in total. The highest BCUT2D eigenvalue weighted by molar-refractivity contribution is 7.14. The number of hydrogen-bond acceptors (Lipinski definition) is 4. The van der Waals surface area contributed by atoms with Crippen LogP contribution in [0.2, 0.25) is 5.02 Å². The lowest BCUT2D eigenvalue weighted by atomic mass is 10.0. The van der Waals surface area contributed by atoms with E-state index in [4.69, 9.17) is 11.6 Å². The number of nitrogens with one attached hydrogen (secondary N) is 1. The van der Waals surface area contributed by atoms with Gasteiger partial charge in [0.05, 0.1) is 22.7 Å². The Morgan fingerprint density at radius 3 is 2.72 bits per heavy atom. The molecule has 1 aliphatic carbocycles. The third kappa shape index (κ3) is 2.98. The first-order valence-electron chi connectivity index (χ1n) is 8.24. The number of hydrogen-bond donors (Lipinski definition) is 1. The molecule has 0 spiro atoms. The Labute approximate surface area is 155 Å². The Hall–Kier alpha value is -2.11. The van der Waals surface area contributed by atoms with E-state index in [0.717, 1.165) is 46.7 Å². The summed E-state index contributed by atoms with van der Waals surface area (Å²) in [6.07, 6.45) is 3.24. The van der Waals surface area contributed by atoms with Crippen LogP contribution in [-0.2, 0) is 11.2 Å². The molecule has 1 amide bonds. The lowest BCUT2D eigenvalue weighted by Gasteiger charge is -2.32. The van der Waals surface area contributed by atoms with Gasteiger partial charge >= 0.3 is 0 Å². The topological polar surface area (TPSA) is 49.4 Å². The van der Waals surface area contributed by atoms with E-state index in [2.05, 4.69) is 5.43 Å². The molecule has 128 valence electrons. The second-order valence-electron chi connectivity index (χ2n) is 6.33. The number of amides is 1. The van der Waals surface area contributed by atoms with Crippen LogP contribution in [0.15, 0.2) is 35.9 Å². The number of thiophene rings is 1. The largest absolute Gasteiger partial charge is 0.294 e. The van der Waals surface area contributed by atoms with Crippen LogP contribution in [-0.4, -0.2) is 11.7 Å². The predicted molar refractivity (Wildman–Crippen MR) is 101 cm³/mol. The number of carbonyl (C=O) groups excluding carboxylic acids is 2. The van der Waals surface area contributed by atoms with Crippen molar-refractivity contribution in [3.05, 3.63) is 56.2 Å². The van der Waals surface area contributed by atoms with Gasteiger partial charge in [0, 0.05) is 15.5 Å². The molecule has 0 atom stereocenters. The Kier molecular flexibility index (Phi) is 4.13. The molecule has 6 heteroatoms. The van der Waals surface area contributed by atoms with Crippen molar-refractivity contribution in [1.82, 2.24) is 5.43 Å². The fraction of sp³-hybridized carbons (Fsp3) is 0.263. The fourth-order valence-corrected chi connectivity index (χ4v) is 4.56. The van der Waals surface area contributed by atoms with E-state index < -0.39 is 0 Å². The number of halogens is 1. The number of aryl methyl sites for hydroxylation is 1. The smallest absolute Gasteiger partial charge is 0.249 e. The number of anilines is 1. The van der Waals surface area contributed by atoms with E-state index in [0.29, 0.717) is 11.4 Å². The average Bonchev–Trinajstić information content (AvgIpc) is 2.94. The summed E-state index contributed by atoms with van der Waals surface area (Å²) in [5, 5.41) is 2.21. The minimum Gasteiger partial charge on any atom is -0.294 e. The first-order chi connectivity index (χ1) is 12.0. The number of ketones is 1. The van der Waals surface area contributed by atoms with Crippen LogP contribution >= 0.6 is 22.9 Å². The Bertz CT molecular complexity index is 899. The number of fused-ring (bicyclic) bond motifs is 2. The van der Waals surface area contributed by atoms with Gasteiger partial charge in [-0.15, -0.1) is 11.3 Å². The molecular weight excluding hydrogens is 356 g/mol.